The zero-order chi connectivity index (χ0) is 21.8. The summed E-state index contributed by atoms with van der Waals surface area (Å²) < 4.78 is 7.89. The lowest BCUT2D eigenvalue weighted by Gasteiger charge is -2.27. The van der Waals surface area contributed by atoms with Gasteiger partial charge in [-0.1, -0.05) is 12.1 Å². The summed E-state index contributed by atoms with van der Waals surface area (Å²) in [6, 6.07) is 8.12. The predicted octanol–water partition coefficient (Wildman–Crippen LogP) is 4.61. The van der Waals surface area contributed by atoms with Gasteiger partial charge in [0.1, 0.15) is 11.6 Å². The molecule has 7 nitrogen and oxygen atoms in total. The van der Waals surface area contributed by atoms with Crippen molar-refractivity contribution >= 4 is 17.4 Å². The molecule has 0 aliphatic carbocycles. The molecule has 1 fully saturated rings. The number of carbonyl (C=O) groups is 1. The van der Waals surface area contributed by atoms with E-state index in [4.69, 9.17) is 9.84 Å². The van der Waals surface area contributed by atoms with Crippen LogP contribution in [0.15, 0.2) is 36.7 Å². The third-order valence-electron chi connectivity index (χ3n) is 6.26. The Morgan fingerprint density at radius 3 is 2.55 bits per heavy atom. The highest BCUT2D eigenvalue weighted by atomic mass is 16.5. The first-order chi connectivity index (χ1) is 14.9. The van der Waals surface area contributed by atoms with Gasteiger partial charge in [0.15, 0.2) is 6.23 Å². The molecule has 0 radical (unpaired) electrons. The molecule has 0 N–H and O–H groups in total. The van der Waals surface area contributed by atoms with Gasteiger partial charge in [-0.05, 0) is 64.2 Å². The topological polar surface area (TPSA) is 73.1 Å². The molecule has 1 aromatic carbocycles. The van der Waals surface area contributed by atoms with Crippen LogP contribution in [-0.4, -0.2) is 32.3 Å². The van der Waals surface area contributed by atoms with Gasteiger partial charge in [0.2, 0.25) is 5.91 Å². The third kappa shape index (κ3) is 3.24. The number of aryl methyl sites for hydroxylation is 2. The molecule has 31 heavy (non-hydrogen) atoms. The Hall–Kier alpha value is -3.06. The van der Waals surface area contributed by atoms with Gasteiger partial charge >= 0.3 is 0 Å². The van der Waals surface area contributed by atoms with Crippen LogP contribution in [0.4, 0.5) is 11.5 Å². The maximum atomic E-state index is 13.6. The summed E-state index contributed by atoms with van der Waals surface area (Å²) in [5.41, 5.74) is 4.02. The van der Waals surface area contributed by atoms with Crippen molar-refractivity contribution in [3.63, 3.8) is 0 Å². The number of hydrogen-bond donors (Lipinski definition) is 0. The van der Waals surface area contributed by atoms with Crippen LogP contribution in [0.2, 0.25) is 0 Å². The molecule has 4 heterocycles. The molecule has 160 valence electrons. The molecule has 1 atom stereocenters. The maximum Gasteiger partial charge on any atom is 0.242 e. The molecule has 2 aliphatic heterocycles. The van der Waals surface area contributed by atoms with E-state index in [1.807, 2.05) is 67.9 Å². The Morgan fingerprint density at radius 2 is 1.84 bits per heavy atom. The fourth-order valence-electron chi connectivity index (χ4n) is 4.50. The Labute approximate surface area is 182 Å². The summed E-state index contributed by atoms with van der Waals surface area (Å²) in [7, 11) is 0. The van der Waals surface area contributed by atoms with Crippen molar-refractivity contribution < 1.29 is 9.53 Å². The number of ether oxygens (including phenoxy) is 1. The Bertz CT molecular complexity index is 1140. The number of aromatic nitrogens is 4. The van der Waals surface area contributed by atoms with E-state index in [1.165, 1.54) is 0 Å². The van der Waals surface area contributed by atoms with E-state index >= 15 is 0 Å². The number of benzene rings is 1. The quantitative estimate of drug-likeness (QED) is 0.622. The lowest BCUT2D eigenvalue weighted by molar-refractivity contribution is -0.121. The van der Waals surface area contributed by atoms with Gasteiger partial charge in [-0.3, -0.25) is 9.69 Å². The van der Waals surface area contributed by atoms with Gasteiger partial charge < -0.3 is 4.74 Å². The van der Waals surface area contributed by atoms with Gasteiger partial charge in [-0.2, -0.15) is 5.10 Å². The molecule has 2 aromatic heterocycles. The Balaban J connectivity index is 1.64. The molecular formula is C24H27N5O2. The van der Waals surface area contributed by atoms with Crippen molar-refractivity contribution in [3.05, 3.63) is 53.7 Å². The molecule has 2 aliphatic rings. The van der Waals surface area contributed by atoms with Crippen LogP contribution >= 0.6 is 0 Å². The predicted molar refractivity (Wildman–Crippen MR) is 118 cm³/mol. The highest BCUT2D eigenvalue weighted by Gasteiger charge is 2.46. The average molecular weight is 418 g/mol. The minimum Gasteiger partial charge on any atom is -0.356 e. The summed E-state index contributed by atoms with van der Waals surface area (Å²) in [6.45, 7) is 8.50. The van der Waals surface area contributed by atoms with Crippen LogP contribution in [0, 0.1) is 13.8 Å². The first-order valence-corrected chi connectivity index (χ1v) is 10.8. The first kappa shape index (κ1) is 19.9. The number of hydrogen-bond acceptors (Lipinski definition) is 5. The van der Waals surface area contributed by atoms with Crippen molar-refractivity contribution in [2.24, 2.45) is 0 Å². The van der Waals surface area contributed by atoms with Crippen molar-refractivity contribution in [2.75, 3.05) is 11.5 Å². The number of nitrogens with zero attached hydrogens (tertiary/aromatic N) is 5. The summed E-state index contributed by atoms with van der Waals surface area (Å²) >= 11 is 0. The molecule has 0 bridgehead atoms. The van der Waals surface area contributed by atoms with Gasteiger partial charge in [0.05, 0.1) is 16.8 Å². The second-order valence-corrected chi connectivity index (χ2v) is 8.93. The highest BCUT2D eigenvalue weighted by Crippen LogP contribution is 2.47. The van der Waals surface area contributed by atoms with Crippen LogP contribution < -0.4 is 4.90 Å². The summed E-state index contributed by atoms with van der Waals surface area (Å²) in [5.74, 6) is 1.53. The van der Waals surface area contributed by atoms with E-state index in [0.717, 1.165) is 65.6 Å². The second kappa shape index (κ2) is 7.27. The zero-order valence-electron chi connectivity index (χ0n) is 18.4. The lowest BCUT2D eigenvalue weighted by atomic mass is 9.85. The van der Waals surface area contributed by atoms with E-state index in [-0.39, 0.29) is 12.1 Å². The highest BCUT2D eigenvalue weighted by molar-refractivity contribution is 6.12. The molecule has 0 saturated carbocycles. The minimum absolute atomic E-state index is 0.0387. The number of carbonyl (C=O) groups excluding carboxylic acids is 1. The SMILES string of the molecule is Cc1cc(N2C(=O)C(C)(C)c3ccc(-c4cnc(C)nc4)cc32)n(C2CCCCO2)n1. The smallest absolute Gasteiger partial charge is 0.242 e. The molecule has 1 saturated heterocycles. The van der Waals surface area contributed by atoms with Gasteiger partial charge in [0.25, 0.3) is 0 Å². The molecule has 3 aromatic rings. The fraction of sp³-hybridized carbons (Fsp3) is 0.417. The van der Waals surface area contributed by atoms with E-state index in [0.29, 0.717) is 0 Å². The summed E-state index contributed by atoms with van der Waals surface area (Å²) in [5, 5.41) is 4.70. The van der Waals surface area contributed by atoms with E-state index in [2.05, 4.69) is 16.0 Å². The van der Waals surface area contributed by atoms with Crippen LogP contribution in [-0.2, 0) is 14.9 Å². The Kier molecular flexibility index (Phi) is 4.66. The number of rotatable bonds is 3. The third-order valence-corrected chi connectivity index (χ3v) is 6.26. The summed E-state index contributed by atoms with van der Waals surface area (Å²) in [6.07, 6.45) is 6.54. The van der Waals surface area contributed by atoms with Crippen LogP contribution in [0.25, 0.3) is 11.1 Å². The largest absolute Gasteiger partial charge is 0.356 e. The van der Waals surface area contributed by atoms with Crippen LogP contribution in [0.1, 0.15) is 56.4 Å². The van der Waals surface area contributed by atoms with Gasteiger partial charge in [0, 0.05) is 30.6 Å². The molecule has 5 rings (SSSR count). The monoisotopic (exact) mass is 417 g/mol. The average Bonchev–Trinajstić information content (AvgIpc) is 3.24. The first-order valence-electron chi connectivity index (χ1n) is 10.8. The maximum absolute atomic E-state index is 13.6. The second-order valence-electron chi connectivity index (χ2n) is 8.93. The molecule has 1 amide bonds. The summed E-state index contributed by atoms with van der Waals surface area (Å²) in [4.78, 5) is 24.1. The molecule has 7 heteroatoms. The van der Waals surface area contributed by atoms with Crippen molar-refractivity contribution in [3.8, 4) is 11.1 Å². The van der Waals surface area contributed by atoms with Crippen molar-refractivity contribution in [1.82, 2.24) is 19.7 Å². The van der Waals surface area contributed by atoms with E-state index < -0.39 is 5.41 Å². The minimum atomic E-state index is -0.631. The number of fused-ring (bicyclic) bond motifs is 1. The molecule has 0 spiro atoms. The number of amides is 1. The van der Waals surface area contributed by atoms with Gasteiger partial charge in [-0.25, -0.2) is 14.6 Å². The Morgan fingerprint density at radius 1 is 1.06 bits per heavy atom. The van der Waals surface area contributed by atoms with E-state index in [9.17, 15) is 4.79 Å². The molecule has 1 unspecified atom stereocenters. The van der Waals surface area contributed by atoms with Crippen molar-refractivity contribution in [2.45, 2.75) is 58.6 Å². The van der Waals surface area contributed by atoms with Crippen LogP contribution in [0.5, 0.6) is 0 Å². The lowest BCUT2D eigenvalue weighted by Crippen LogP contribution is -2.35. The van der Waals surface area contributed by atoms with Crippen LogP contribution in [0.3, 0.4) is 0 Å². The van der Waals surface area contributed by atoms with E-state index in [1.54, 1.807) is 0 Å². The zero-order valence-corrected chi connectivity index (χ0v) is 18.4. The molecular weight excluding hydrogens is 390 g/mol. The fourth-order valence-corrected chi connectivity index (χ4v) is 4.50. The van der Waals surface area contributed by atoms with Gasteiger partial charge in [-0.15, -0.1) is 0 Å². The van der Waals surface area contributed by atoms with Crippen molar-refractivity contribution in [1.29, 1.82) is 0 Å². The normalized spacial score (nSPS) is 20.2. The standard InChI is InChI=1S/C24H27N5O2/c1-15-11-21(29(27-15)22-7-5-6-10-31-22)28-20-12-17(18-13-25-16(2)26-14-18)8-9-19(20)24(3,4)23(28)30/h8-9,11-14,22H,5-7,10H2,1-4H3. The number of anilines is 2.